The molecule has 1 aliphatic rings. The van der Waals surface area contributed by atoms with E-state index in [4.69, 9.17) is 10.5 Å². The van der Waals surface area contributed by atoms with Gasteiger partial charge >= 0.3 is 0 Å². The molecule has 0 saturated heterocycles. The molecule has 0 aliphatic heterocycles. The number of aromatic nitrogens is 2. The van der Waals surface area contributed by atoms with Crippen LogP contribution in [0.3, 0.4) is 0 Å². The SMILES string of the molecule is CCSc1c(O[C@H]2CC[C@@H](N)CC2)ccc2[nH]ncc12.Cl. The van der Waals surface area contributed by atoms with Gasteiger partial charge < -0.3 is 10.5 Å². The third-order valence-corrected chi connectivity index (χ3v) is 4.84. The number of fused-ring (bicyclic) bond motifs is 1. The van der Waals surface area contributed by atoms with Gasteiger partial charge in [0.05, 0.1) is 22.7 Å². The zero-order chi connectivity index (χ0) is 13.9. The van der Waals surface area contributed by atoms with Crippen molar-refractivity contribution in [3.05, 3.63) is 18.3 Å². The van der Waals surface area contributed by atoms with Gasteiger partial charge in [-0.05, 0) is 43.6 Å². The topological polar surface area (TPSA) is 63.9 Å². The van der Waals surface area contributed by atoms with Gasteiger partial charge in [-0.15, -0.1) is 24.2 Å². The molecule has 3 rings (SSSR count). The van der Waals surface area contributed by atoms with E-state index in [1.807, 2.05) is 24.0 Å². The van der Waals surface area contributed by atoms with Crippen LogP contribution in [0.1, 0.15) is 32.6 Å². The minimum atomic E-state index is 0. The number of halogens is 1. The molecule has 1 saturated carbocycles. The Kier molecular flexibility index (Phi) is 5.79. The third kappa shape index (κ3) is 3.65. The largest absolute Gasteiger partial charge is 0.489 e. The van der Waals surface area contributed by atoms with E-state index >= 15 is 0 Å². The summed E-state index contributed by atoms with van der Waals surface area (Å²) in [6, 6.07) is 4.47. The maximum Gasteiger partial charge on any atom is 0.134 e. The predicted molar refractivity (Wildman–Crippen MR) is 90.6 cm³/mol. The molecular weight excluding hydrogens is 306 g/mol. The molecule has 0 radical (unpaired) electrons. The van der Waals surface area contributed by atoms with Gasteiger partial charge in [-0.3, -0.25) is 5.10 Å². The lowest BCUT2D eigenvalue weighted by atomic mass is 9.94. The molecule has 3 N–H and O–H groups in total. The van der Waals surface area contributed by atoms with Gasteiger partial charge in [0.15, 0.2) is 0 Å². The summed E-state index contributed by atoms with van der Waals surface area (Å²) in [6.07, 6.45) is 6.43. The minimum absolute atomic E-state index is 0. The molecule has 0 spiro atoms. The Bertz CT molecular complexity index is 581. The number of hydrogen-bond donors (Lipinski definition) is 2. The van der Waals surface area contributed by atoms with Crippen molar-refractivity contribution in [1.82, 2.24) is 10.2 Å². The van der Waals surface area contributed by atoms with Gasteiger partial charge in [0, 0.05) is 11.4 Å². The number of ether oxygens (including phenoxy) is 1. The molecule has 0 bridgehead atoms. The summed E-state index contributed by atoms with van der Waals surface area (Å²) in [5.41, 5.74) is 7.02. The summed E-state index contributed by atoms with van der Waals surface area (Å²) in [7, 11) is 0. The number of thioether (sulfide) groups is 1. The van der Waals surface area contributed by atoms with Crippen molar-refractivity contribution in [2.24, 2.45) is 5.73 Å². The molecule has 1 aromatic carbocycles. The molecule has 0 unspecified atom stereocenters. The molecule has 1 aliphatic carbocycles. The number of nitrogens with one attached hydrogen (secondary N) is 1. The molecule has 0 amide bonds. The Morgan fingerprint density at radius 2 is 2.10 bits per heavy atom. The number of hydrogen-bond acceptors (Lipinski definition) is 4. The second-order valence-electron chi connectivity index (χ2n) is 5.31. The number of H-pyrrole nitrogens is 1. The first-order valence-corrected chi connectivity index (χ1v) is 8.27. The number of nitrogens with two attached hydrogens (primary N) is 1. The van der Waals surface area contributed by atoms with Gasteiger partial charge in [-0.1, -0.05) is 6.92 Å². The van der Waals surface area contributed by atoms with Crippen molar-refractivity contribution in [3.8, 4) is 5.75 Å². The molecule has 21 heavy (non-hydrogen) atoms. The lowest BCUT2D eigenvalue weighted by Gasteiger charge is -2.27. The fourth-order valence-electron chi connectivity index (χ4n) is 2.74. The lowest BCUT2D eigenvalue weighted by Crippen LogP contribution is -2.31. The first-order valence-electron chi connectivity index (χ1n) is 7.29. The van der Waals surface area contributed by atoms with Crippen LogP contribution < -0.4 is 10.5 Å². The van der Waals surface area contributed by atoms with Gasteiger partial charge in [-0.2, -0.15) is 5.10 Å². The Hall–Kier alpha value is -0.910. The van der Waals surface area contributed by atoms with Crippen LogP contribution in [0, 0.1) is 0 Å². The Labute approximate surface area is 135 Å². The van der Waals surface area contributed by atoms with Gasteiger partial charge in [0.1, 0.15) is 5.75 Å². The molecular formula is C15H22ClN3OS. The predicted octanol–water partition coefficient (Wildman–Crippen LogP) is 3.75. The van der Waals surface area contributed by atoms with Gasteiger partial charge in [-0.25, -0.2) is 0 Å². The fourth-order valence-corrected chi connectivity index (χ4v) is 3.61. The quantitative estimate of drug-likeness (QED) is 0.839. The van der Waals surface area contributed by atoms with Crippen LogP contribution >= 0.6 is 24.2 Å². The molecule has 1 fully saturated rings. The summed E-state index contributed by atoms with van der Waals surface area (Å²) in [6.45, 7) is 2.16. The van der Waals surface area contributed by atoms with E-state index in [1.54, 1.807) is 0 Å². The zero-order valence-corrected chi connectivity index (χ0v) is 13.8. The van der Waals surface area contributed by atoms with Crippen LogP contribution in [-0.4, -0.2) is 28.1 Å². The molecule has 1 heterocycles. The number of benzene rings is 1. The van der Waals surface area contributed by atoms with Crippen LogP contribution in [0.25, 0.3) is 10.9 Å². The van der Waals surface area contributed by atoms with Crippen molar-refractivity contribution in [3.63, 3.8) is 0 Å². The molecule has 116 valence electrons. The summed E-state index contributed by atoms with van der Waals surface area (Å²) in [5.74, 6) is 2.02. The smallest absolute Gasteiger partial charge is 0.134 e. The lowest BCUT2D eigenvalue weighted by molar-refractivity contribution is 0.144. The van der Waals surface area contributed by atoms with E-state index in [0.29, 0.717) is 12.1 Å². The van der Waals surface area contributed by atoms with E-state index in [9.17, 15) is 0 Å². The first-order chi connectivity index (χ1) is 9.78. The van der Waals surface area contributed by atoms with Crippen LogP contribution in [-0.2, 0) is 0 Å². The van der Waals surface area contributed by atoms with Crippen molar-refractivity contribution in [1.29, 1.82) is 0 Å². The monoisotopic (exact) mass is 327 g/mol. The number of aromatic amines is 1. The molecule has 4 nitrogen and oxygen atoms in total. The highest BCUT2D eigenvalue weighted by Gasteiger charge is 2.21. The van der Waals surface area contributed by atoms with E-state index in [2.05, 4.69) is 23.2 Å². The van der Waals surface area contributed by atoms with E-state index in [1.165, 1.54) is 4.90 Å². The molecule has 1 aromatic heterocycles. The standard InChI is InChI=1S/C15H21N3OS.ClH/c1-2-20-15-12-9-17-18-13(12)7-8-14(15)19-11-5-3-10(16)4-6-11;/h7-11H,2-6,16H2,1H3,(H,17,18);1H/t10-,11+;. The van der Waals surface area contributed by atoms with Gasteiger partial charge in [0.2, 0.25) is 0 Å². The van der Waals surface area contributed by atoms with Crippen molar-refractivity contribution in [2.45, 2.75) is 49.6 Å². The average Bonchev–Trinajstić information content (AvgIpc) is 2.92. The highest BCUT2D eigenvalue weighted by Crippen LogP contribution is 2.37. The summed E-state index contributed by atoms with van der Waals surface area (Å²) in [5, 5.41) is 8.31. The van der Waals surface area contributed by atoms with Crippen LogP contribution in [0.2, 0.25) is 0 Å². The summed E-state index contributed by atoms with van der Waals surface area (Å²) < 4.78 is 6.25. The normalized spacial score (nSPS) is 22.0. The Balaban J connectivity index is 0.00000161. The van der Waals surface area contributed by atoms with E-state index in [0.717, 1.165) is 48.1 Å². The Morgan fingerprint density at radius 3 is 2.81 bits per heavy atom. The summed E-state index contributed by atoms with van der Waals surface area (Å²) >= 11 is 1.82. The second kappa shape index (κ2) is 7.38. The van der Waals surface area contributed by atoms with E-state index in [-0.39, 0.29) is 12.4 Å². The molecule has 6 heteroatoms. The highest BCUT2D eigenvalue weighted by atomic mass is 35.5. The molecule has 2 aromatic rings. The average molecular weight is 328 g/mol. The van der Waals surface area contributed by atoms with Crippen LogP contribution in [0.15, 0.2) is 23.2 Å². The van der Waals surface area contributed by atoms with Gasteiger partial charge in [0.25, 0.3) is 0 Å². The molecule has 0 atom stereocenters. The van der Waals surface area contributed by atoms with E-state index < -0.39 is 0 Å². The summed E-state index contributed by atoms with van der Waals surface area (Å²) in [4.78, 5) is 1.20. The minimum Gasteiger partial charge on any atom is -0.489 e. The maximum atomic E-state index is 6.25. The van der Waals surface area contributed by atoms with Crippen LogP contribution in [0.4, 0.5) is 0 Å². The highest BCUT2D eigenvalue weighted by molar-refractivity contribution is 7.99. The second-order valence-corrected chi connectivity index (χ2v) is 6.59. The number of nitrogens with zero attached hydrogens (tertiary/aromatic N) is 1. The zero-order valence-electron chi connectivity index (χ0n) is 12.2. The first kappa shape index (κ1) is 16.5. The third-order valence-electron chi connectivity index (χ3n) is 3.84. The Morgan fingerprint density at radius 1 is 1.33 bits per heavy atom. The number of rotatable bonds is 4. The van der Waals surface area contributed by atoms with Crippen molar-refractivity contribution < 1.29 is 4.74 Å². The van der Waals surface area contributed by atoms with Crippen molar-refractivity contribution >= 4 is 35.1 Å². The van der Waals surface area contributed by atoms with Crippen molar-refractivity contribution in [2.75, 3.05) is 5.75 Å². The fraction of sp³-hybridized carbons (Fsp3) is 0.533. The maximum absolute atomic E-state index is 6.25. The van der Waals surface area contributed by atoms with Crippen LogP contribution in [0.5, 0.6) is 5.75 Å².